The standard InChI is InChI=1S/C10H5ClF3NO/c11-8-4-6(9(16)1-2-15)3-7(5-8)10(12,13)14/h3-5H,1H2. The van der Waals surface area contributed by atoms with Crippen molar-refractivity contribution >= 4 is 17.4 Å². The maximum atomic E-state index is 12.4. The van der Waals surface area contributed by atoms with Gasteiger partial charge in [-0.15, -0.1) is 0 Å². The summed E-state index contributed by atoms with van der Waals surface area (Å²) in [5.41, 5.74) is -1.21. The number of carbonyl (C=O) groups excluding carboxylic acids is 1. The van der Waals surface area contributed by atoms with Crippen LogP contribution in [-0.2, 0) is 6.18 Å². The molecule has 0 saturated heterocycles. The van der Waals surface area contributed by atoms with Gasteiger partial charge in [-0.05, 0) is 18.2 Å². The molecule has 0 spiro atoms. The molecule has 0 heterocycles. The Kier molecular flexibility index (Phi) is 3.55. The third-order valence-corrected chi connectivity index (χ3v) is 2.00. The summed E-state index contributed by atoms with van der Waals surface area (Å²) in [6, 6.07) is 4.09. The number of nitrogens with zero attached hydrogens (tertiary/aromatic N) is 1. The Balaban J connectivity index is 3.19. The van der Waals surface area contributed by atoms with Crippen molar-refractivity contribution in [2.75, 3.05) is 0 Å². The Morgan fingerprint density at radius 2 is 2.00 bits per heavy atom. The molecule has 16 heavy (non-hydrogen) atoms. The molecule has 2 nitrogen and oxygen atoms in total. The van der Waals surface area contributed by atoms with Crippen molar-refractivity contribution in [2.45, 2.75) is 12.6 Å². The predicted molar refractivity (Wildman–Crippen MR) is 51.0 cm³/mol. The first kappa shape index (κ1) is 12.5. The fraction of sp³-hybridized carbons (Fsp3) is 0.200. The lowest BCUT2D eigenvalue weighted by Crippen LogP contribution is -2.07. The van der Waals surface area contributed by atoms with E-state index in [1.54, 1.807) is 6.07 Å². The number of benzene rings is 1. The van der Waals surface area contributed by atoms with Crippen molar-refractivity contribution in [1.29, 1.82) is 5.26 Å². The monoisotopic (exact) mass is 247 g/mol. The zero-order chi connectivity index (χ0) is 12.3. The minimum absolute atomic E-state index is 0.184. The molecule has 0 fully saturated rings. The molecule has 0 aliphatic heterocycles. The van der Waals surface area contributed by atoms with Crippen molar-refractivity contribution in [3.63, 3.8) is 0 Å². The zero-order valence-electron chi connectivity index (χ0n) is 7.81. The zero-order valence-corrected chi connectivity index (χ0v) is 8.56. The number of hydrogen-bond donors (Lipinski definition) is 0. The van der Waals surface area contributed by atoms with E-state index in [1.165, 1.54) is 0 Å². The summed E-state index contributed by atoms with van der Waals surface area (Å²) in [6.45, 7) is 0. The topological polar surface area (TPSA) is 40.9 Å². The van der Waals surface area contributed by atoms with Crippen molar-refractivity contribution in [2.24, 2.45) is 0 Å². The number of alkyl halides is 3. The number of nitriles is 1. The van der Waals surface area contributed by atoms with Crippen LogP contribution in [-0.4, -0.2) is 5.78 Å². The fourth-order valence-corrected chi connectivity index (χ4v) is 1.32. The van der Waals surface area contributed by atoms with E-state index < -0.39 is 23.9 Å². The van der Waals surface area contributed by atoms with E-state index >= 15 is 0 Å². The number of carbonyl (C=O) groups is 1. The maximum absolute atomic E-state index is 12.4. The van der Waals surface area contributed by atoms with Crippen LogP contribution in [0.25, 0.3) is 0 Å². The molecule has 0 atom stereocenters. The molecule has 0 aromatic heterocycles. The van der Waals surface area contributed by atoms with Gasteiger partial charge in [0.05, 0.1) is 18.1 Å². The first-order valence-electron chi connectivity index (χ1n) is 4.12. The number of rotatable bonds is 2. The first-order valence-corrected chi connectivity index (χ1v) is 4.50. The number of Topliss-reactive ketones (excluding diaryl/α,β-unsaturated/α-hetero) is 1. The predicted octanol–water partition coefficient (Wildman–Crippen LogP) is 3.46. The lowest BCUT2D eigenvalue weighted by atomic mass is 10.1. The molecule has 0 aliphatic carbocycles. The quantitative estimate of drug-likeness (QED) is 0.751. The highest BCUT2D eigenvalue weighted by atomic mass is 35.5. The van der Waals surface area contributed by atoms with Crippen LogP contribution in [0.2, 0.25) is 5.02 Å². The van der Waals surface area contributed by atoms with Crippen LogP contribution in [0.4, 0.5) is 13.2 Å². The molecule has 0 aliphatic rings. The summed E-state index contributed by atoms with van der Waals surface area (Å²) < 4.78 is 37.1. The molecule has 0 N–H and O–H groups in total. The number of hydrogen-bond acceptors (Lipinski definition) is 2. The van der Waals surface area contributed by atoms with Crippen LogP contribution in [0.1, 0.15) is 22.3 Å². The molecular formula is C10H5ClF3NO. The Labute approximate surface area is 94.2 Å². The van der Waals surface area contributed by atoms with E-state index in [9.17, 15) is 18.0 Å². The van der Waals surface area contributed by atoms with E-state index in [2.05, 4.69) is 0 Å². The average molecular weight is 248 g/mol. The summed E-state index contributed by atoms with van der Waals surface area (Å²) in [5.74, 6) is -0.685. The second kappa shape index (κ2) is 4.54. The average Bonchev–Trinajstić information content (AvgIpc) is 2.16. The van der Waals surface area contributed by atoms with Gasteiger partial charge in [-0.1, -0.05) is 11.6 Å². The third kappa shape index (κ3) is 2.97. The van der Waals surface area contributed by atoms with Gasteiger partial charge in [-0.25, -0.2) is 0 Å². The van der Waals surface area contributed by atoms with Crippen molar-refractivity contribution < 1.29 is 18.0 Å². The maximum Gasteiger partial charge on any atom is 0.416 e. The summed E-state index contributed by atoms with van der Waals surface area (Å²) in [4.78, 5) is 11.2. The third-order valence-electron chi connectivity index (χ3n) is 1.79. The molecule has 0 amide bonds. The van der Waals surface area contributed by atoms with Gasteiger partial charge < -0.3 is 0 Å². The van der Waals surface area contributed by atoms with Gasteiger partial charge in [0.15, 0.2) is 5.78 Å². The molecule has 84 valence electrons. The molecular weight excluding hydrogens is 243 g/mol. The van der Waals surface area contributed by atoms with Gasteiger partial charge in [0, 0.05) is 10.6 Å². The fourth-order valence-electron chi connectivity index (χ4n) is 1.09. The molecule has 1 rings (SSSR count). The van der Waals surface area contributed by atoms with Crippen LogP contribution in [0.15, 0.2) is 18.2 Å². The van der Waals surface area contributed by atoms with Gasteiger partial charge in [0.2, 0.25) is 0 Å². The lowest BCUT2D eigenvalue weighted by Gasteiger charge is -2.08. The van der Waals surface area contributed by atoms with Crippen molar-refractivity contribution in [1.82, 2.24) is 0 Å². The number of halogens is 4. The van der Waals surface area contributed by atoms with Crippen LogP contribution in [0.5, 0.6) is 0 Å². The van der Waals surface area contributed by atoms with Gasteiger partial charge in [-0.3, -0.25) is 4.79 Å². The minimum Gasteiger partial charge on any atom is -0.293 e. The minimum atomic E-state index is -4.56. The van der Waals surface area contributed by atoms with E-state index in [1.807, 2.05) is 0 Å². The highest BCUT2D eigenvalue weighted by Crippen LogP contribution is 2.32. The Morgan fingerprint density at radius 1 is 1.38 bits per heavy atom. The first-order chi connectivity index (χ1) is 7.34. The molecule has 1 aromatic carbocycles. The van der Waals surface area contributed by atoms with Crippen LogP contribution in [0.3, 0.4) is 0 Å². The van der Waals surface area contributed by atoms with Crippen LogP contribution < -0.4 is 0 Å². The van der Waals surface area contributed by atoms with E-state index in [4.69, 9.17) is 16.9 Å². The molecule has 0 radical (unpaired) electrons. The highest BCUT2D eigenvalue weighted by molar-refractivity contribution is 6.31. The smallest absolute Gasteiger partial charge is 0.293 e. The van der Waals surface area contributed by atoms with E-state index in [0.717, 1.165) is 12.1 Å². The van der Waals surface area contributed by atoms with Crippen LogP contribution >= 0.6 is 11.6 Å². The molecule has 0 bridgehead atoms. The second-order valence-electron chi connectivity index (χ2n) is 2.98. The van der Waals surface area contributed by atoms with Gasteiger partial charge in [0.25, 0.3) is 0 Å². The Bertz CT molecular complexity index is 462. The summed E-state index contributed by atoms with van der Waals surface area (Å²) in [6.07, 6.45) is -5.04. The van der Waals surface area contributed by atoms with Gasteiger partial charge in [0.1, 0.15) is 0 Å². The summed E-state index contributed by atoms with van der Waals surface area (Å²) in [7, 11) is 0. The van der Waals surface area contributed by atoms with Crippen molar-refractivity contribution in [3.05, 3.63) is 34.3 Å². The molecule has 6 heteroatoms. The Hall–Kier alpha value is -1.54. The molecule has 0 saturated carbocycles. The Morgan fingerprint density at radius 3 is 2.50 bits per heavy atom. The van der Waals surface area contributed by atoms with Gasteiger partial charge >= 0.3 is 6.18 Å². The van der Waals surface area contributed by atoms with Crippen molar-refractivity contribution in [3.8, 4) is 6.07 Å². The second-order valence-corrected chi connectivity index (χ2v) is 3.42. The molecule has 1 aromatic rings. The van der Waals surface area contributed by atoms with E-state index in [0.29, 0.717) is 6.07 Å². The molecule has 0 unspecified atom stereocenters. The normalized spacial score (nSPS) is 10.9. The largest absolute Gasteiger partial charge is 0.416 e. The summed E-state index contributed by atoms with van der Waals surface area (Å²) in [5, 5.41) is 8.09. The van der Waals surface area contributed by atoms with Gasteiger partial charge in [-0.2, -0.15) is 18.4 Å². The van der Waals surface area contributed by atoms with Crippen LogP contribution in [0, 0.1) is 11.3 Å². The SMILES string of the molecule is N#CCC(=O)c1cc(Cl)cc(C(F)(F)F)c1. The van der Waals surface area contributed by atoms with E-state index in [-0.39, 0.29) is 10.6 Å². The summed E-state index contributed by atoms with van der Waals surface area (Å²) >= 11 is 5.47. The highest BCUT2D eigenvalue weighted by Gasteiger charge is 2.31. The lowest BCUT2D eigenvalue weighted by molar-refractivity contribution is -0.137. The number of ketones is 1.